The second kappa shape index (κ2) is 6.30. The van der Waals surface area contributed by atoms with Crippen molar-refractivity contribution in [2.75, 3.05) is 0 Å². The molecule has 1 heterocycles. The minimum atomic E-state index is -0.370. The van der Waals surface area contributed by atoms with E-state index in [1.54, 1.807) is 11.3 Å². The molecule has 0 spiro atoms. The van der Waals surface area contributed by atoms with Gasteiger partial charge >= 0.3 is 0 Å². The van der Waals surface area contributed by atoms with Crippen molar-refractivity contribution in [3.8, 4) is 0 Å². The average Bonchev–Trinajstić information content (AvgIpc) is 2.92. The maximum absolute atomic E-state index is 4.64. The lowest BCUT2D eigenvalue weighted by Gasteiger charge is -2.17. The molecule has 0 atom stereocenters. The van der Waals surface area contributed by atoms with Crippen LogP contribution in [0.5, 0.6) is 0 Å². The minimum Gasteiger partial charge on any atom is -0.246 e. The van der Waals surface area contributed by atoms with Gasteiger partial charge in [0, 0.05) is 11.5 Å². The number of aryl methyl sites for hydroxylation is 1. The second-order valence-electron chi connectivity index (χ2n) is 4.62. The highest BCUT2D eigenvalue weighted by Gasteiger charge is 2.15. The molecule has 2 aromatic carbocycles. The highest BCUT2D eigenvalue weighted by Crippen LogP contribution is 2.37. The third-order valence-electron chi connectivity index (χ3n) is 3.12. The number of aromatic nitrogens is 1. The topological polar surface area (TPSA) is 12.9 Å². The smallest absolute Gasteiger partial charge is 0.0897 e. The first-order chi connectivity index (χ1) is 9.83. The Morgan fingerprint density at radius 3 is 1.90 bits per heavy atom. The first-order valence-corrected chi connectivity index (χ1v) is 9.02. The van der Waals surface area contributed by atoms with Crippen molar-refractivity contribution in [3.05, 3.63) is 76.7 Å². The molecular formula is C17H16NPS. The van der Waals surface area contributed by atoms with Gasteiger partial charge in [-0.3, -0.25) is 0 Å². The van der Waals surface area contributed by atoms with Crippen LogP contribution in [0.1, 0.15) is 10.7 Å². The summed E-state index contributed by atoms with van der Waals surface area (Å²) in [5, 5.41) is 6.17. The van der Waals surface area contributed by atoms with E-state index in [4.69, 9.17) is 0 Å². The standard InChI is InChI=1S/C17H16NPS/c1-14-18-15(13-20-14)12-19(16-8-4-2-5-9-16)17-10-6-3-7-11-17/h2-11,13H,12H2,1H3. The van der Waals surface area contributed by atoms with Crippen LogP contribution in [0.15, 0.2) is 66.0 Å². The summed E-state index contributed by atoms with van der Waals surface area (Å²) in [6.45, 7) is 2.07. The fourth-order valence-corrected chi connectivity index (χ4v) is 5.14. The summed E-state index contributed by atoms with van der Waals surface area (Å²) in [6, 6.07) is 21.6. The van der Waals surface area contributed by atoms with Crippen molar-refractivity contribution in [2.45, 2.75) is 13.1 Å². The van der Waals surface area contributed by atoms with E-state index >= 15 is 0 Å². The lowest BCUT2D eigenvalue weighted by Crippen LogP contribution is -2.13. The Balaban J connectivity index is 1.96. The van der Waals surface area contributed by atoms with E-state index in [-0.39, 0.29) is 7.92 Å². The highest BCUT2D eigenvalue weighted by atomic mass is 32.1. The van der Waals surface area contributed by atoms with Gasteiger partial charge in [0.05, 0.1) is 10.7 Å². The number of hydrogen-bond donors (Lipinski definition) is 0. The van der Waals surface area contributed by atoms with Crippen LogP contribution in [-0.4, -0.2) is 4.98 Å². The summed E-state index contributed by atoms with van der Waals surface area (Å²) in [6.07, 6.45) is 1.02. The summed E-state index contributed by atoms with van der Waals surface area (Å²) < 4.78 is 0. The Labute approximate surface area is 125 Å². The molecule has 0 fully saturated rings. The molecule has 0 saturated heterocycles. The molecule has 3 rings (SSSR count). The first-order valence-electron chi connectivity index (χ1n) is 6.61. The molecule has 0 aliphatic heterocycles. The number of benzene rings is 2. The van der Waals surface area contributed by atoms with Gasteiger partial charge in [0.2, 0.25) is 0 Å². The molecular weight excluding hydrogens is 281 g/mol. The SMILES string of the molecule is Cc1nc(CP(c2ccccc2)c2ccccc2)cs1. The van der Waals surface area contributed by atoms with Crippen molar-refractivity contribution in [1.29, 1.82) is 0 Å². The van der Waals surface area contributed by atoms with Crippen molar-refractivity contribution in [3.63, 3.8) is 0 Å². The van der Waals surface area contributed by atoms with E-state index in [1.165, 1.54) is 16.3 Å². The molecule has 3 heteroatoms. The Morgan fingerprint density at radius 1 is 0.900 bits per heavy atom. The van der Waals surface area contributed by atoms with Crippen molar-refractivity contribution in [2.24, 2.45) is 0 Å². The van der Waals surface area contributed by atoms with E-state index in [2.05, 4.69) is 78.0 Å². The fourth-order valence-electron chi connectivity index (χ4n) is 2.19. The van der Waals surface area contributed by atoms with Crippen LogP contribution in [0, 0.1) is 6.92 Å². The number of thiazole rings is 1. The molecule has 0 bridgehead atoms. The number of nitrogens with zero attached hydrogens (tertiary/aromatic N) is 1. The predicted molar refractivity (Wildman–Crippen MR) is 89.6 cm³/mol. The number of rotatable bonds is 4. The molecule has 0 saturated carbocycles. The van der Waals surface area contributed by atoms with E-state index in [0.29, 0.717) is 0 Å². The normalized spacial score (nSPS) is 10.9. The summed E-state index contributed by atoms with van der Waals surface area (Å²) in [4.78, 5) is 4.64. The number of hydrogen-bond acceptors (Lipinski definition) is 2. The van der Waals surface area contributed by atoms with E-state index in [9.17, 15) is 0 Å². The molecule has 0 N–H and O–H groups in total. The zero-order valence-corrected chi connectivity index (χ0v) is 13.1. The molecule has 1 nitrogen and oxygen atoms in total. The highest BCUT2D eigenvalue weighted by molar-refractivity contribution is 7.72. The van der Waals surface area contributed by atoms with Crippen LogP contribution >= 0.6 is 19.3 Å². The van der Waals surface area contributed by atoms with Gasteiger partial charge < -0.3 is 0 Å². The quantitative estimate of drug-likeness (QED) is 0.661. The molecule has 3 aromatic rings. The van der Waals surface area contributed by atoms with Crippen LogP contribution in [0.4, 0.5) is 0 Å². The summed E-state index contributed by atoms with van der Waals surface area (Å²) in [5.41, 5.74) is 1.21. The third-order valence-corrected chi connectivity index (χ3v) is 6.43. The zero-order chi connectivity index (χ0) is 13.8. The average molecular weight is 297 g/mol. The van der Waals surface area contributed by atoms with Crippen molar-refractivity contribution in [1.82, 2.24) is 4.98 Å². The molecule has 0 aliphatic carbocycles. The Kier molecular flexibility index (Phi) is 4.25. The molecule has 100 valence electrons. The first kappa shape index (κ1) is 13.5. The van der Waals surface area contributed by atoms with E-state index in [0.717, 1.165) is 11.2 Å². The van der Waals surface area contributed by atoms with Gasteiger partial charge in [0.25, 0.3) is 0 Å². The second-order valence-corrected chi connectivity index (χ2v) is 7.88. The van der Waals surface area contributed by atoms with Crippen LogP contribution in [0.2, 0.25) is 0 Å². The van der Waals surface area contributed by atoms with E-state index < -0.39 is 0 Å². The van der Waals surface area contributed by atoms with Crippen molar-refractivity contribution < 1.29 is 0 Å². The van der Waals surface area contributed by atoms with Crippen LogP contribution in [0.25, 0.3) is 0 Å². The molecule has 0 unspecified atom stereocenters. The maximum atomic E-state index is 4.64. The van der Waals surface area contributed by atoms with Gasteiger partial charge in [-0.05, 0) is 25.5 Å². The molecule has 20 heavy (non-hydrogen) atoms. The third kappa shape index (κ3) is 3.15. The van der Waals surface area contributed by atoms with Gasteiger partial charge in [-0.25, -0.2) is 4.98 Å². The maximum Gasteiger partial charge on any atom is 0.0897 e. The van der Waals surface area contributed by atoms with Gasteiger partial charge in [-0.1, -0.05) is 60.7 Å². The zero-order valence-electron chi connectivity index (χ0n) is 11.4. The van der Waals surface area contributed by atoms with Crippen LogP contribution in [0.3, 0.4) is 0 Å². The van der Waals surface area contributed by atoms with Crippen LogP contribution < -0.4 is 10.6 Å². The Morgan fingerprint density at radius 2 is 1.45 bits per heavy atom. The van der Waals surface area contributed by atoms with Gasteiger partial charge in [-0.15, -0.1) is 11.3 Å². The lowest BCUT2D eigenvalue weighted by molar-refractivity contribution is 1.17. The van der Waals surface area contributed by atoms with Crippen LogP contribution in [-0.2, 0) is 6.16 Å². The van der Waals surface area contributed by atoms with Gasteiger partial charge in [0.1, 0.15) is 0 Å². The van der Waals surface area contributed by atoms with E-state index in [1.807, 2.05) is 0 Å². The lowest BCUT2D eigenvalue weighted by atomic mass is 10.4. The van der Waals surface area contributed by atoms with Gasteiger partial charge in [0.15, 0.2) is 0 Å². The summed E-state index contributed by atoms with van der Waals surface area (Å²) in [5.74, 6) is 0. The molecule has 0 aliphatic rings. The Bertz CT molecular complexity index is 624. The fraction of sp³-hybridized carbons (Fsp3) is 0.118. The largest absolute Gasteiger partial charge is 0.246 e. The Hall–Kier alpha value is -1.50. The summed E-state index contributed by atoms with van der Waals surface area (Å²) >= 11 is 1.74. The monoisotopic (exact) mass is 297 g/mol. The molecule has 1 aromatic heterocycles. The summed E-state index contributed by atoms with van der Waals surface area (Å²) in [7, 11) is -0.370. The molecule has 0 amide bonds. The van der Waals surface area contributed by atoms with Crippen molar-refractivity contribution >= 4 is 29.9 Å². The predicted octanol–water partition coefficient (Wildman–Crippen LogP) is 4.08. The van der Waals surface area contributed by atoms with Gasteiger partial charge in [-0.2, -0.15) is 0 Å². The molecule has 0 radical (unpaired) electrons. The minimum absolute atomic E-state index is 0.370.